The minimum Gasteiger partial charge on any atom is -0.469 e. The molecule has 3 aromatic rings. The van der Waals surface area contributed by atoms with Gasteiger partial charge in [-0.25, -0.2) is 4.68 Å². The highest BCUT2D eigenvalue weighted by atomic mass is 16.3. The Balaban J connectivity index is 1.53. The molecule has 0 bridgehead atoms. The molecule has 24 heavy (non-hydrogen) atoms. The van der Waals surface area contributed by atoms with Crippen LogP contribution in [0.4, 0.5) is 0 Å². The molecule has 1 aliphatic carbocycles. The molecule has 1 N–H and O–H groups in total. The van der Waals surface area contributed by atoms with Gasteiger partial charge in [0.05, 0.1) is 17.6 Å². The molecule has 2 aromatic heterocycles. The van der Waals surface area contributed by atoms with Crippen molar-refractivity contribution in [3.05, 3.63) is 71.9 Å². The summed E-state index contributed by atoms with van der Waals surface area (Å²) in [5.74, 6) is 1.26. The van der Waals surface area contributed by atoms with Gasteiger partial charge in [-0.15, -0.1) is 0 Å². The second kappa shape index (κ2) is 6.35. The van der Waals surface area contributed by atoms with Crippen molar-refractivity contribution in [1.29, 1.82) is 0 Å². The first kappa shape index (κ1) is 14.8. The van der Waals surface area contributed by atoms with Gasteiger partial charge >= 0.3 is 0 Å². The molecule has 1 amide bonds. The van der Waals surface area contributed by atoms with Crippen LogP contribution in [-0.2, 0) is 6.42 Å². The number of aromatic nitrogens is 2. The van der Waals surface area contributed by atoms with Crippen molar-refractivity contribution in [2.45, 2.75) is 25.2 Å². The van der Waals surface area contributed by atoms with Crippen molar-refractivity contribution in [3.63, 3.8) is 0 Å². The number of amides is 1. The normalized spacial score (nSPS) is 13.8. The van der Waals surface area contributed by atoms with Crippen LogP contribution in [0.3, 0.4) is 0 Å². The van der Waals surface area contributed by atoms with E-state index in [4.69, 9.17) is 4.42 Å². The van der Waals surface area contributed by atoms with Crippen LogP contribution < -0.4 is 5.32 Å². The smallest absolute Gasteiger partial charge is 0.270 e. The molecule has 1 saturated carbocycles. The molecule has 5 nitrogen and oxygen atoms in total. The highest BCUT2D eigenvalue weighted by Crippen LogP contribution is 2.39. The molecule has 0 atom stereocenters. The Morgan fingerprint density at radius 3 is 2.75 bits per heavy atom. The molecule has 1 aliphatic rings. The fourth-order valence-electron chi connectivity index (χ4n) is 2.75. The van der Waals surface area contributed by atoms with Gasteiger partial charge < -0.3 is 9.73 Å². The van der Waals surface area contributed by atoms with Gasteiger partial charge in [0.25, 0.3) is 5.91 Å². The van der Waals surface area contributed by atoms with Crippen molar-refractivity contribution in [2.75, 3.05) is 6.54 Å². The van der Waals surface area contributed by atoms with E-state index in [1.54, 1.807) is 10.9 Å². The van der Waals surface area contributed by atoms with Crippen LogP contribution in [0.1, 0.15) is 40.7 Å². The molecule has 0 aliphatic heterocycles. The molecular formula is C19H19N3O2. The Labute approximate surface area is 140 Å². The second-order valence-electron chi connectivity index (χ2n) is 6.06. The lowest BCUT2D eigenvalue weighted by Crippen LogP contribution is -2.27. The third-order valence-electron chi connectivity index (χ3n) is 4.19. The number of carbonyl (C=O) groups is 1. The largest absolute Gasteiger partial charge is 0.469 e. The fourth-order valence-corrected chi connectivity index (χ4v) is 2.75. The molecule has 0 unspecified atom stereocenters. The fraction of sp³-hybridized carbons (Fsp3) is 0.263. The van der Waals surface area contributed by atoms with Gasteiger partial charge in [-0.05, 0) is 43.2 Å². The number of para-hydroxylation sites is 1. The van der Waals surface area contributed by atoms with E-state index in [9.17, 15) is 4.79 Å². The lowest BCUT2D eigenvalue weighted by Gasteiger charge is -2.07. The van der Waals surface area contributed by atoms with Crippen molar-refractivity contribution < 1.29 is 9.21 Å². The minimum atomic E-state index is -0.107. The summed E-state index contributed by atoms with van der Waals surface area (Å²) in [6.45, 7) is 0.533. The number of furan rings is 1. The Bertz CT molecular complexity index is 818. The van der Waals surface area contributed by atoms with E-state index in [1.807, 2.05) is 48.5 Å². The van der Waals surface area contributed by atoms with Gasteiger partial charge in [0.15, 0.2) is 0 Å². The molecule has 1 fully saturated rings. The van der Waals surface area contributed by atoms with Crippen LogP contribution in [0, 0.1) is 0 Å². The summed E-state index contributed by atoms with van der Waals surface area (Å²) in [4.78, 5) is 12.6. The monoisotopic (exact) mass is 321 g/mol. The average Bonchev–Trinajstić information content (AvgIpc) is 3.16. The zero-order valence-electron chi connectivity index (χ0n) is 13.3. The topological polar surface area (TPSA) is 60.1 Å². The number of rotatable bonds is 6. The lowest BCUT2D eigenvalue weighted by atomic mass is 10.2. The summed E-state index contributed by atoms with van der Waals surface area (Å²) in [6.07, 6.45) is 4.63. The number of hydrogen-bond donors (Lipinski definition) is 1. The van der Waals surface area contributed by atoms with Crippen LogP contribution in [0.2, 0.25) is 0 Å². The Morgan fingerprint density at radius 1 is 1.21 bits per heavy atom. The van der Waals surface area contributed by atoms with Crippen LogP contribution >= 0.6 is 0 Å². The molecule has 0 radical (unpaired) electrons. The van der Waals surface area contributed by atoms with Gasteiger partial charge in [0, 0.05) is 18.9 Å². The molecule has 122 valence electrons. The summed E-state index contributed by atoms with van der Waals surface area (Å²) in [7, 11) is 0. The first-order chi connectivity index (χ1) is 11.8. The van der Waals surface area contributed by atoms with E-state index in [0.29, 0.717) is 24.6 Å². The van der Waals surface area contributed by atoms with E-state index in [-0.39, 0.29) is 5.91 Å². The van der Waals surface area contributed by atoms with E-state index in [1.165, 1.54) is 0 Å². The van der Waals surface area contributed by atoms with E-state index in [0.717, 1.165) is 30.0 Å². The van der Waals surface area contributed by atoms with Gasteiger partial charge in [-0.3, -0.25) is 4.79 Å². The molecule has 4 rings (SSSR count). The SMILES string of the molecule is O=C(NCCc1ccco1)c1cc(C2CC2)nn1-c1ccccc1. The van der Waals surface area contributed by atoms with E-state index < -0.39 is 0 Å². The highest BCUT2D eigenvalue weighted by molar-refractivity contribution is 5.93. The lowest BCUT2D eigenvalue weighted by molar-refractivity contribution is 0.0946. The van der Waals surface area contributed by atoms with Crippen LogP contribution in [0.25, 0.3) is 5.69 Å². The zero-order chi connectivity index (χ0) is 16.4. The predicted octanol–water partition coefficient (Wildman–Crippen LogP) is 3.32. The van der Waals surface area contributed by atoms with Gasteiger partial charge in [0.1, 0.15) is 11.5 Å². The van der Waals surface area contributed by atoms with Crippen molar-refractivity contribution >= 4 is 5.91 Å². The molecule has 2 heterocycles. The third kappa shape index (κ3) is 3.11. The summed E-state index contributed by atoms with van der Waals surface area (Å²) in [6, 6.07) is 15.5. The highest BCUT2D eigenvalue weighted by Gasteiger charge is 2.28. The van der Waals surface area contributed by atoms with Gasteiger partial charge in [-0.1, -0.05) is 18.2 Å². The van der Waals surface area contributed by atoms with Crippen molar-refractivity contribution in [1.82, 2.24) is 15.1 Å². The maximum atomic E-state index is 12.6. The number of nitrogens with zero attached hydrogens (tertiary/aromatic N) is 2. The van der Waals surface area contributed by atoms with Crippen LogP contribution in [-0.4, -0.2) is 22.2 Å². The summed E-state index contributed by atoms with van der Waals surface area (Å²) in [5.41, 5.74) is 2.50. The second-order valence-corrected chi connectivity index (χ2v) is 6.06. The van der Waals surface area contributed by atoms with Crippen molar-refractivity contribution in [3.8, 4) is 5.69 Å². The first-order valence-electron chi connectivity index (χ1n) is 8.27. The maximum Gasteiger partial charge on any atom is 0.270 e. The summed E-state index contributed by atoms with van der Waals surface area (Å²) < 4.78 is 7.03. The molecule has 1 aromatic carbocycles. The average molecular weight is 321 g/mol. The molecule has 0 spiro atoms. The molecular weight excluding hydrogens is 302 g/mol. The maximum absolute atomic E-state index is 12.6. The zero-order valence-corrected chi connectivity index (χ0v) is 13.3. The number of hydrogen-bond acceptors (Lipinski definition) is 3. The Morgan fingerprint density at radius 2 is 2.04 bits per heavy atom. The van der Waals surface area contributed by atoms with E-state index >= 15 is 0 Å². The number of carbonyl (C=O) groups excluding carboxylic acids is 1. The van der Waals surface area contributed by atoms with Crippen LogP contribution in [0.15, 0.2) is 59.2 Å². The van der Waals surface area contributed by atoms with Crippen LogP contribution in [0.5, 0.6) is 0 Å². The summed E-state index contributed by atoms with van der Waals surface area (Å²) in [5, 5.41) is 7.62. The third-order valence-corrected chi connectivity index (χ3v) is 4.19. The number of nitrogens with one attached hydrogen (secondary N) is 1. The van der Waals surface area contributed by atoms with Crippen molar-refractivity contribution in [2.24, 2.45) is 0 Å². The minimum absolute atomic E-state index is 0.107. The molecule has 5 heteroatoms. The van der Waals surface area contributed by atoms with Gasteiger partial charge in [0.2, 0.25) is 0 Å². The first-order valence-corrected chi connectivity index (χ1v) is 8.27. The summed E-state index contributed by atoms with van der Waals surface area (Å²) >= 11 is 0. The van der Waals surface area contributed by atoms with Gasteiger partial charge in [-0.2, -0.15) is 5.10 Å². The Hall–Kier alpha value is -2.82. The molecule has 0 saturated heterocycles. The Kier molecular flexibility index (Phi) is 3.91. The predicted molar refractivity (Wildman–Crippen MR) is 90.3 cm³/mol. The van der Waals surface area contributed by atoms with E-state index in [2.05, 4.69) is 10.4 Å². The quantitative estimate of drug-likeness (QED) is 0.757. The standard InChI is InChI=1S/C19H19N3O2/c23-19(20-11-10-16-7-4-12-24-16)18-13-17(14-8-9-14)21-22(18)15-5-2-1-3-6-15/h1-7,12-14H,8-11H2,(H,20,23). The number of benzene rings is 1.